The third-order valence-electron chi connectivity index (χ3n) is 1.83. The lowest BCUT2D eigenvalue weighted by Crippen LogP contribution is -2.24. The summed E-state index contributed by atoms with van der Waals surface area (Å²) >= 11 is 0. The van der Waals surface area contributed by atoms with E-state index in [2.05, 4.69) is 6.58 Å². The summed E-state index contributed by atoms with van der Waals surface area (Å²) in [5, 5.41) is 9.42. The molecule has 0 aromatic heterocycles. The van der Waals surface area contributed by atoms with Gasteiger partial charge >= 0.3 is 5.97 Å². The lowest BCUT2D eigenvalue weighted by molar-refractivity contribution is -0.142. The largest absolute Gasteiger partial charge is 0.460 e. The Bertz CT molecular complexity index is 204. The Hall–Kier alpha value is -0.870. The van der Waals surface area contributed by atoms with Crippen molar-refractivity contribution < 1.29 is 14.6 Å². The lowest BCUT2D eigenvalue weighted by atomic mass is 10.0. The van der Waals surface area contributed by atoms with Crippen LogP contribution in [0.5, 0.6) is 0 Å². The normalized spacial score (nSPS) is 14.6. The first-order valence-electron chi connectivity index (χ1n) is 4.68. The zero-order valence-electron chi connectivity index (χ0n) is 8.82. The fourth-order valence-electron chi connectivity index (χ4n) is 0.924. The van der Waals surface area contributed by atoms with E-state index in [-0.39, 0.29) is 12.5 Å². The van der Waals surface area contributed by atoms with Gasteiger partial charge in [0.25, 0.3) is 0 Å². The molecule has 2 atom stereocenters. The highest BCUT2D eigenvalue weighted by molar-refractivity contribution is 5.86. The zero-order valence-corrected chi connectivity index (χ0v) is 8.82. The summed E-state index contributed by atoms with van der Waals surface area (Å²) in [6.07, 6.45) is -0.100. The van der Waals surface area contributed by atoms with Crippen LogP contribution in [0.2, 0.25) is 0 Å². The number of ether oxygens (including phenoxy) is 1. The molecule has 3 N–H and O–H groups in total. The number of aliphatic hydroxyl groups is 1. The predicted molar refractivity (Wildman–Crippen MR) is 54.6 cm³/mol. The van der Waals surface area contributed by atoms with Crippen molar-refractivity contribution in [1.29, 1.82) is 0 Å². The molecule has 0 aliphatic heterocycles. The summed E-state index contributed by atoms with van der Waals surface area (Å²) in [4.78, 5) is 10.9. The second kappa shape index (κ2) is 6.56. The molecule has 2 unspecified atom stereocenters. The molecule has 0 amide bonds. The minimum Gasteiger partial charge on any atom is -0.460 e. The highest BCUT2D eigenvalue weighted by Crippen LogP contribution is 2.05. The van der Waals surface area contributed by atoms with Crippen LogP contribution in [0.25, 0.3) is 0 Å². The number of rotatable bonds is 6. The first kappa shape index (κ1) is 13.1. The smallest absolute Gasteiger partial charge is 0.333 e. The van der Waals surface area contributed by atoms with Crippen LogP contribution in [0.15, 0.2) is 12.2 Å². The van der Waals surface area contributed by atoms with Crippen molar-refractivity contribution in [3.8, 4) is 0 Å². The van der Waals surface area contributed by atoms with Crippen molar-refractivity contribution in [1.82, 2.24) is 0 Å². The second-order valence-corrected chi connectivity index (χ2v) is 3.61. The van der Waals surface area contributed by atoms with Crippen LogP contribution in [-0.2, 0) is 9.53 Å². The Morgan fingerprint density at radius 1 is 1.64 bits per heavy atom. The summed E-state index contributed by atoms with van der Waals surface area (Å²) in [5.41, 5.74) is 5.73. The van der Waals surface area contributed by atoms with Crippen molar-refractivity contribution in [3.63, 3.8) is 0 Å². The van der Waals surface area contributed by atoms with Gasteiger partial charge in [-0.1, -0.05) is 13.5 Å². The van der Waals surface area contributed by atoms with Crippen LogP contribution in [0.4, 0.5) is 0 Å². The average molecular weight is 201 g/mol. The van der Waals surface area contributed by atoms with Crippen molar-refractivity contribution in [3.05, 3.63) is 12.2 Å². The molecule has 0 saturated heterocycles. The summed E-state index contributed by atoms with van der Waals surface area (Å²) in [7, 11) is 0. The van der Waals surface area contributed by atoms with E-state index in [4.69, 9.17) is 10.5 Å². The molecule has 0 aliphatic rings. The van der Waals surface area contributed by atoms with E-state index < -0.39 is 12.1 Å². The highest BCUT2D eigenvalue weighted by atomic mass is 16.5. The number of esters is 1. The first-order valence-corrected chi connectivity index (χ1v) is 4.68. The summed E-state index contributed by atoms with van der Waals surface area (Å²) in [5.74, 6) is -0.238. The van der Waals surface area contributed by atoms with Crippen LogP contribution >= 0.6 is 0 Å². The third kappa shape index (κ3) is 5.72. The van der Waals surface area contributed by atoms with Crippen LogP contribution in [0, 0.1) is 5.92 Å². The van der Waals surface area contributed by atoms with E-state index >= 15 is 0 Å². The van der Waals surface area contributed by atoms with Crippen molar-refractivity contribution >= 4 is 5.97 Å². The summed E-state index contributed by atoms with van der Waals surface area (Å²) in [6.45, 7) is 7.46. The Kier molecular flexibility index (Phi) is 6.16. The van der Waals surface area contributed by atoms with Crippen molar-refractivity contribution in [2.45, 2.75) is 26.4 Å². The van der Waals surface area contributed by atoms with Gasteiger partial charge in [-0.15, -0.1) is 0 Å². The molecule has 0 radical (unpaired) electrons. The van der Waals surface area contributed by atoms with Gasteiger partial charge in [0.1, 0.15) is 6.61 Å². The molecule has 0 heterocycles. The quantitative estimate of drug-likeness (QED) is 0.483. The highest BCUT2D eigenvalue weighted by Gasteiger charge is 2.12. The van der Waals surface area contributed by atoms with E-state index in [0.717, 1.165) is 0 Å². The molecular weight excluding hydrogens is 182 g/mol. The van der Waals surface area contributed by atoms with Crippen LogP contribution < -0.4 is 5.73 Å². The maximum Gasteiger partial charge on any atom is 0.333 e. The Morgan fingerprint density at radius 2 is 2.21 bits per heavy atom. The van der Waals surface area contributed by atoms with E-state index in [1.807, 2.05) is 6.92 Å². The SMILES string of the molecule is C=C(C)C(=O)OCC(O)CC(C)CN. The molecule has 0 aliphatic carbocycles. The van der Waals surface area contributed by atoms with E-state index in [0.29, 0.717) is 18.5 Å². The van der Waals surface area contributed by atoms with Gasteiger partial charge in [-0.05, 0) is 25.8 Å². The molecule has 82 valence electrons. The van der Waals surface area contributed by atoms with Gasteiger partial charge in [0, 0.05) is 5.57 Å². The Balaban J connectivity index is 3.68. The molecule has 0 rings (SSSR count). The molecule has 0 bridgehead atoms. The number of hydrogen-bond donors (Lipinski definition) is 2. The molecule has 4 nitrogen and oxygen atoms in total. The van der Waals surface area contributed by atoms with Gasteiger partial charge in [0.2, 0.25) is 0 Å². The molecule has 14 heavy (non-hydrogen) atoms. The molecule has 0 fully saturated rings. The fourth-order valence-corrected chi connectivity index (χ4v) is 0.924. The van der Waals surface area contributed by atoms with Gasteiger partial charge < -0.3 is 15.6 Å². The zero-order chi connectivity index (χ0) is 11.1. The number of carbonyl (C=O) groups is 1. The first-order chi connectivity index (χ1) is 6.47. The lowest BCUT2D eigenvalue weighted by Gasteiger charge is -2.14. The van der Waals surface area contributed by atoms with Gasteiger partial charge in [-0.3, -0.25) is 0 Å². The van der Waals surface area contributed by atoms with Crippen molar-refractivity contribution in [2.75, 3.05) is 13.2 Å². The minimum absolute atomic E-state index is 0.00995. The minimum atomic E-state index is -0.642. The third-order valence-corrected chi connectivity index (χ3v) is 1.83. The van der Waals surface area contributed by atoms with Gasteiger partial charge in [0.05, 0.1) is 6.10 Å². The number of aliphatic hydroxyl groups excluding tert-OH is 1. The number of carbonyl (C=O) groups excluding carboxylic acids is 1. The topological polar surface area (TPSA) is 72.5 Å². The van der Waals surface area contributed by atoms with Crippen LogP contribution in [0.3, 0.4) is 0 Å². The van der Waals surface area contributed by atoms with Gasteiger partial charge in [0.15, 0.2) is 0 Å². The molecule has 0 spiro atoms. The maximum atomic E-state index is 10.9. The monoisotopic (exact) mass is 201 g/mol. The van der Waals surface area contributed by atoms with Gasteiger partial charge in [-0.2, -0.15) is 0 Å². The fraction of sp³-hybridized carbons (Fsp3) is 0.700. The standard InChI is InChI=1S/C10H19NO3/c1-7(2)10(13)14-6-9(12)4-8(3)5-11/h8-9,12H,1,4-6,11H2,2-3H3. The van der Waals surface area contributed by atoms with Crippen LogP contribution in [0.1, 0.15) is 20.3 Å². The predicted octanol–water partition coefficient (Wildman–Crippen LogP) is 0.451. The van der Waals surface area contributed by atoms with Gasteiger partial charge in [-0.25, -0.2) is 4.79 Å². The number of nitrogens with two attached hydrogens (primary N) is 1. The molecule has 0 saturated carbocycles. The number of hydrogen-bond acceptors (Lipinski definition) is 4. The Morgan fingerprint density at radius 3 is 2.64 bits per heavy atom. The molecular formula is C10H19NO3. The van der Waals surface area contributed by atoms with Crippen LogP contribution in [-0.4, -0.2) is 30.3 Å². The summed E-state index contributed by atoms with van der Waals surface area (Å²) < 4.78 is 4.78. The molecule has 0 aromatic carbocycles. The second-order valence-electron chi connectivity index (χ2n) is 3.61. The Labute approximate surface area is 84.7 Å². The van der Waals surface area contributed by atoms with E-state index in [1.54, 1.807) is 6.92 Å². The maximum absolute atomic E-state index is 10.9. The molecule has 0 aromatic rings. The van der Waals surface area contributed by atoms with E-state index in [9.17, 15) is 9.90 Å². The van der Waals surface area contributed by atoms with E-state index in [1.165, 1.54) is 0 Å². The van der Waals surface area contributed by atoms with Crippen molar-refractivity contribution in [2.24, 2.45) is 11.7 Å². The molecule has 4 heteroatoms. The summed E-state index contributed by atoms with van der Waals surface area (Å²) in [6, 6.07) is 0. The average Bonchev–Trinajstić information content (AvgIpc) is 2.13.